The van der Waals surface area contributed by atoms with Crippen molar-refractivity contribution in [1.29, 1.82) is 0 Å². The molecule has 0 aliphatic heterocycles. The van der Waals surface area contributed by atoms with Crippen LogP contribution >= 0.6 is 0 Å². The second-order valence-corrected chi connectivity index (χ2v) is 3.23. The quantitative estimate of drug-likeness (QED) is 0.676. The van der Waals surface area contributed by atoms with Gasteiger partial charge in [0.25, 0.3) is 0 Å². The van der Waals surface area contributed by atoms with Crippen LogP contribution in [0, 0.1) is 18.6 Å². The summed E-state index contributed by atoms with van der Waals surface area (Å²) in [7, 11) is 0. The van der Waals surface area contributed by atoms with E-state index < -0.39 is 11.6 Å². The Kier molecular flexibility index (Phi) is 3.86. The largest absolute Gasteiger partial charge is 0.490 e. The zero-order valence-electron chi connectivity index (χ0n) is 8.44. The molecule has 0 fully saturated rings. The molecule has 0 aliphatic carbocycles. The molecule has 0 radical (unpaired) electrons. The van der Waals surface area contributed by atoms with Crippen molar-refractivity contribution in [2.24, 2.45) is 0 Å². The molecule has 1 aromatic carbocycles. The molecule has 1 aromatic rings. The van der Waals surface area contributed by atoms with Crippen molar-refractivity contribution < 1.29 is 13.5 Å². The average molecular weight is 200 g/mol. The summed E-state index contributed by atoms with van der Waals surface area (Å²) in [6.45, 7) is 3.96. The van der Waals surface area contributed by atoms with Gasteiger partial charge in [0.05, 0.1) is 6.61 Å². The molecule has 78 valence electrons. The van der Waals surface area contributed by atoms with Gasteiger partial charge >= 0.3 is 0 Å². The van der Waals surface area contributed by atoms with Gasteiger partial charge < -0.3 is 4.74 Å². The van der Waals surface area contributed by atoms with Crippen LogP contribution in [-0.4, -0.2) is 6.61 Å². The summed E-state index contributed by atoms with van der Waals surface area (Å²) < 4.78 is 31.3. The van der Waals surface area contributed by atoms with E-state index in [0.29, 0.717) is 12.2 Å². The SMILES string of the molecule is CCCCOc1cc(F)c(C)cc1F. The van der Waals surface area contributed by atoms with Gasteiger partial charge in [-0.15, -0.1) is 0 Å². The van der Waals surface area contributed by atoms with Crippen LogP contribution < -0.4 is 4.74 Å². The lowest BCUT2D eigenvalue weighted by atomic mass is 10.2. The molecule has 1 rings (SSSR count). The Morgan fingerprint density at radius 2 is 1.93 bits per heavy atom. The van der Waals surface area contributed by atoms with Gasteiger partial charge in [-0.3, -0.25) is 0 Å². The first-order valence-corrected chi connectivity index (χ1v) is 4.73. The molecule has 0 saturated heterocycles. The van der Waals surface area contributed by atoms with Crippen LogP contribution in [0.4, 0.5) is 8.78 Å². The Morgan fingerprint density at radius 3 is 2.57 bits per heavy atom. The number of aryl methyl sites for hydroxylation is 1. The predicted octanol–water partition coefficient (Wildman–Crippen LogP) is 3.45. The van der Waals surface area contributed by atoms with E-state index in [0.717, 1.165) is 25.0 Å². The van der Waals surface area contributed by atoms with Gasteiger partial charge in [0.2, 0.25) is 0 Å². The molecule has 0 bridgehead atoms. The monoisotopic (exact) mass is 200 g/mol. The normalized spacial score (nSPS) is 10.3. The average Bonchev–Trinajstić information content (AvgIpc) is 2.14. The fourth-order valence-electron chi connectivity index (χ4n) is 1.07. The first-order chi connectivity index (χ1) is 6.65. The second-order valence-electron chi connectivity index (χ2n) is 3.23. The Bertz CT molecular complexity index is 310. The first-order valence-electron chi connectivity index (χ1n) is 4.73. The molecule has 0 heterocycles. The van der Waals surface area contributed by atoms with E-state index in [1.165, 1.54) is 6.92 Å². The summed E-state index contributed by atoms with van der Waals surface area (Å²) in [5.74, 6) is -0.931. The van der Waals surface area contributed by atoms with Crippen molar-refractivity contribution >= 4 is 0 Å². The maximum Gasteiger partial charge on any atom is 0.165 e. The Balaban J connectivity index is 2.72. The van der Waals surface area contributed by atoms with E-state index in [1.54, 1.807) is 0 Å². The van der Waals surface area contributed by atoms with Gasteiger partial charge in [-0.1, -0.05) is 13.3 Å². The van der Waals surface area contributed by atoms with E-state index in [-0.39, 0.29) is 5.75 Å². The van der Waals surface area contributed by atoms with Crippen LogP contribution in [-0.2, 0) is 0 Å². The predicted molar refractivity (Wildman–Crippen MR) is 51.5 cm³/mol. The lowest BCUT2D eigenvalue weighted by Crippen LogP contribution is -2.00. The smallest absolute Gasteiger partial charge is 0.165 e. The topological polar surface area (TPSA) is 9.23 Å². The van der Waals surface area contributed by atoms with Gasteiger partial charge in [-0.2, -0.15) is 0 Å². The van der Waals surface area contributed by atoms with E-state index in [2.05, 4.69) is 0 Å². The van der Waals surface area contributed by atoms with Crippen molar-refractivity contribution in [3.05, 3.63) is 29.3 Å². The number of ether oxygens (including phenoxy) is 1. The third-order valence-electron chi connectivity index (χ3n) is 1.97. The van der Waals surface area contributed by atoms with E-state index in [1.807, 2.05) is 6.92 Å². The molecule has 0 aliphatic rings. The lowest BCUT2D eigenvalue weighted by molar-refractivity contribution is 0.292. The summed E-state index contributed by atoms with van der Waals surface area (Å²) in [4.78, 5) is 0. The van der Waals surface area contributed by atoms with E-state index in [9.17, 15) is 8.78 Å². The molecule has 0 amide bonds. The van der Waals surface area contributed by atoms with Crippen LogP contribution in [0.25, 0.3) is 0 Å². The fourth-order valence-corrected chi connectivity index (χ4v) is 1.07. The molecule has 0 saturated carbocycles. The zero-order valence-corrected chi connectivity index (χ0v) is 8.44. The minimum absolute atomic E-state index is 0.00144. The van der Waals surface area contributed by atoms with Gasteiger partial charge in [0.15, 0.2) is 11.6 Å². The lowest BCUT2D eigenvalue weighted by Gasteiger charge is -2.07. The number of hydrogen-bond acceptors (Lipinski definition) is 1. The molecular weight excluding hydrogens is 186 g/mol. The molecule has 1 nitrogen and oxygen atoms in total. The van der Waals surface area contributed by atoms with Gasteiger partial charge in [-0.05, 0) is 25.0 Å². The van der Waals surface area contributed by atoms with Crippen LogP contribution in [0.3, 0.4) is 0 Å². The van der Waals surface area contributed by atoms with E-state index in [4.69, 9.17) is 4.74 Å². The van der Waals surface area contributed by atoms with Crippen molar-refractivity contribution in [3.8, 4) is 5.75 Å². The fraction of sp³-hybridized carbons (Fsp3) is 0.455. The highest BCUT2D eigenvalue weighted by Gasteiger charge is 2.07. The number of halogens is 2. The van der Waals surface area contributed by atoms with Crippen LogP contribution in [0.1, 0.15) is 25.3 Å². The van der Waals surface area contributed by atoms with Gasteiger partial charge in [0, 0.05) is 6.07 Å². The molecule has 0 N–H and O–H groups in total. The van der Waals surface area contributed by atoms with Crippen molar-refractivity contribution in [3.63, 3.8) is 0 Å². The highest BCUT2D eigenvalue weighted by atomic mass is 19.1. The van der Waals surface area contributed by atoms with Crippen LogP contribution in [0.15, 0.2) is 12.1 Å². The summed E-state index contributed by atoms with van der Waals surface area (Å²) in [6, 6.07) is 2.25. The van der Waals surface area contributed by atoms with Gasteiger partial charge in [0.1, 0.15) is 5.82 Å². The highest BCUT2D eigenvalue weighted by molar-refractivity contribution is 5.29. The Labute approximate surface area is 82.7 Å². The molecular formula is C11H14F2O. The van der Waals surface area contributed by atoms with Crippen molar-refractivity contribution in [1.82, 2.24) is 0 Å². The Hall–Kier alpha value is -1.12. The Morgan fingerprint density at radius 1 is 1.21 bits per heavy atom. The zero-order chi connectivity index (χ0) is 10.6. The maximum atomic E-state index is 13.2. The third-order valence-corrected chi connectivity index (χ3v) is 1.97. The minimum Gasteiger partial charge on any atom is -0.490 e. The molecule has 0 aromatic heterocycles. The summed E-state index contributed by atoms with van der Waals surface area (Å²) in [5.41, 5.74) is 0.297. The summed E-state index contributed by atoms with van der Waals surface area (Å²) in [6.07, 6.45) is 1.81. The minimum atomic E-state index is -0.500. The number of hydrogen-bond donors (Lipinski definition) is 0. The number of rotatable bonds is 4. The maximum absolute atomic E-state index is 13.2. The third kappa shape index (κ3) is 2.69. The highest BCUT2D eigenvalue weighted by Crippen LogP contribution is 2.21. The number of unbranched alkanes of at least 4 members (excludes halogenated alkanes) is 1. The second kappa shape index (κ2) is 4.94. The van der Waals surface area contributed by atoms with Crippen molar-refractivity contribution in [2.75, 3.05) is 6.61 Å². The van der Waals surface area contributed by atoms with Crippen molar-refractivity contribution in [2.45, 2.75) is 26.7 Å². The standard InChI is InChI=1S/C11H14F2O/c1-3-4-5-14-11-7-9(12)8(2)6-10(11)13/h6-7H,3-5H2,1-2H3. The first kappa shape index (κ1) is 11.0. The van der Waals surface area contributed by atoms with Crippen LogP contribution in [0.5, 0.6) is 5.75 Å². The van der Waals surface area contributed by atoms with E-state index >= 15 is 0 Å². The summed E-state index contributed by atoms with van der Waals surface area (Å²) in [5, 5.41) is 0. The molecule has 0 spiro atoms. The van der Waals surface area contributed by atoms with Crippen LogP contribution in [0.2, 0.25) is 0 Å². The summed E-state index contributed by atoms with van der Waals surface area (Å²) >= 11 is 0. The molecule has 0 atom stereocenters. The molecule has 14 heavy (non-hydrogen) atoms. The number of benzene rings is 1. The molecule has 3 heteroatoms. The molecule has 0 unspecified atom stereocenters. The van der Waals surface area contributed by atoms with Gasteiger partial charge in [-0.25, -0.2) is 8.78 Å².